The zero-order chi connectivity index (χ0) is 15.8. The van der Waals surface area contributed by atoms with E-state index >= 15 is 0 Å². The molecule has 0 aromatic carbocycles. The van der Waals surface area contributed by atoms with Crippen LogP contribution in [0.4, 0.5) is 8.78 Å². The maximum Gasteiger partial charge on any atom is 0.100 e. The van der Waals surface area contributed by atoms with Gasteiger partial charge in [0.05, 0.1) is 6.17 Å². The summed E-state index contributed by atoms with van der Waals surface area (Å²) >= 11 is 0. The minimum Gasteiger partial charge on any atom is -0.248 e. The van der Waals surface area contributed by atoms with Gasteiger partial charge in [-0.15, -0.1) is 0 Å². The molecule has 0 bridgehead atoms. The summed E-state index contributed by atoms with van der Waals surface area (Å²) in [6.45, 7) is 3.96. The first-order chi connectivity index (χ1) is 10.2. The molecule has 0 heterocycles. The first-order valence-corrected chi connectivity index (χ1v) is 9.30. The fraction of sp³-hybridized carbons (Fsp3) is 0.947. The average Bonchev–Trinajstić information content (AvgIpc) is 2.48. The average molecular weight is 304 g/mol. The van der Waals surface area contributed by atoms with Gasteiger partial charge in [0.25, 0.3) is 0 Å². The van der Waals surface area contributed by atoms with Crippen LogP contribution < -0.4 is 0 Å². The molecule has 0 nitrogen and oxygen atoms in total. The van der Waals surface area contributed by atoms with Crippen LogP contribution in [0.3, 0.4) is 0 Å². The van der Waals surface area contributed by atoms with E-state index in [4.69, 9.17) is 0 Å². The molecule has 0 rings (SSSR count). The third kappa shape index (κ3) is 16.1. The Morgan fingerprint density at radius 3 is 1.76 bits per heavy atom. The molecule has 1 radical (unpaired) electrons. The van der Waals surface area contributed by atoms with Crippen molar-refractivity contribution in [2.45, 2.75) is 116 Å². The molecule has 0 aromatic rings. The van der Waals surface area contributed by atoms with E-state index in [1.165, 1.54) is 38.5 Å². The van der Waals surface area contributed by atoms with Crippen molar-refractivity contribution in [3.8, 4) is 0 Å². The maximum atomic E-state index is 13.2. The number of rotatable bonds is 16. The molecule has 2 atom stereocenters. The summed E-state index contributed by atoms with van der Waals surface area (Å²) < 4.78 is 26.2. The molecule has 0 fully saturated rings. The highest BCUT2D eigenvalue weighted by molar-refractivity contribution is 4.65. The summed E-state index contributed by atoms with van der Waals surface area (Å²) in [5.74, 6) is 0. The lowest BCUT2D eigenvalue weighted by atomic mass is 10.0. The van der Waals surface area contributed by atoms with E-state index in [0.29, 0.717) is 6.42 Å². The fourth-order valence-corrected chi connectivity index (χ4v) is 2.65. The van der Waals surface area contributed by atoms with Crippen molar-refractivity contribution in [1.82, 2.24) is 0 Å². The molecule has 0 aliphatic carbocycles. The second-order valence-corrected chi connectivity index (χ2v) is 6.31. The smallest absolute Gasteiger partial charge is 0.100 e. The van der Waals surface area contributed by atoms with Crippen LogP contribution in [-0.2, 0) is 0 Å². The molecule has 0 amide bonds. The quantitative estimate of drug-likeness (QED) is 0.261. The van der Waals surface area contributed by atoms with E-state index in [1.807, 2.05) is 13.8 Å². The Labute approximate surface area is 132 Å². The standard InChI is InChI=1S/C19H37F2/c1-3-15-19(21)17-14-12-10-8-6-5-7-9-11-13-16-18(20)4-2/h6,18-19H,3-5,7-17H2,1-2H3. The van der Waals surface area contributed by atoms with E-state index in [0.717, 1.165) is 44.9 Å². The van der Waals surface area contributed by atoms with Gasteiger partial charge in [-0.2, -0.15) is 0 Å². The Morgan fingerprint density at radius 2 is 1.19 bits per heavy atom. The molecule has 0 aromatic heterocycles. The van der Waals surface area contributed by atoms with Gasteiger partial charge < -0.3 is 0 Å². The molecule has 0 N–H and O–H groups in total. The minimum atomic E-state index is -0.585. The highest BCUT2D eigenvalue weighted by Crippen LogP contribution is 2.15. The topological polar surface area (TPSA) is 0 Å². The van der Waals surface area contributed by atoms with Gasteiger partial charge in [-0.05, 0) is 32.1 Å². The Bertz CT molecular complexity index is 194. The minimum absolute atomic E-state index is 0.574. The van der Waals surface area contributed by atoms with Crippen molar-refractivity contribution in [2.75, 3.05) is 0 Å². The van der Waals surface area contributed by atoms with Gasteiger partial charge in [-0.25, -0.2) is 8.78 Å². The Hall–Kier alpha value is -0.140. The predicted molar refractivity (Wildman–Crippen MR) is 90.1 cm³/mol. The van der Waals surface area contributed by atoms with Crippen LogP contribution in [-0.4, -0.2) is 12.3 Å². The van der Waals surface area contributed by atoms with E-state index in [9.17, 15) is 8.78 Å². The molecule has 21 heavy (non-hydrogen) atoms. The zero-order valence-corrected chi connectivity index (χ0v) is 14.4. The van der Waals surface area contributed by atoms with Crippen LogP contribution in [0.2, 0.25) is 0 Å². The molecule has 0 aliphatic heterocycles. The molecule has 0 saturated heterocycles. The summed E-state index contributed by atoms with van der Waals surface area (Å²) in [4.78, 5) is 0. The van der Waals surface area contributed by atoms with E-state index < -0.39 is 12.3 Å². The third-order valence-corrected chi connectivity index (χ3v) is 4.15. The summed E-state index contributed by atoms with van der Waals surface area (Å²) in [5, 5.41) is 0. The van der Waals surface area contributed by atoms with Crippen molar-refractivity contribution in [2.24, 2.45) is 0 Å². The lowest BCUT2D eigenvalue weighted by molar-refractivity contribution is 0.285. The number of unbranched alkanes of at least 4 members (excludes halogenated alkanes) is 9. The largest absolute Gasteiger partial charge is 0.248 e. The second-order valence-electron chi connectivity index (χ2n) is 6.31. The normalized spacial score (nSPS) is 14.3. The number of alkyl halides is 2. The van der Waals surface area contributed by atoms with Gasteiger partial charge in [0.15, 0.2) is 0 Å². The monoisotopic (exact) mass is 303 g/mol. The third-order valence-electron chi connectivity index (χ3n) is 4.15. The first-order valence-electron chi connectivity index (χ1n) is 9.30. The Kier molecular flexibility index (Phi) is 16.1. The van der Waals surface area contributed by atoms with Crippen LogP contribution >= 0.6 is 0 Å². The molecular weight excluding hydrogens is 266 g/mol. The number of hydrogen-bond donors (Lipinski definition) is 0. The van der Waals surface area contributed by atoms with Gasteiger partial charge in [-0.3, -0.25) is 0 Å². The summed E-state index contributed by atoms with van der Waals surface area (Å²) in [6, 6.07) is 0. The SMILES string of the molecule is CCCC(F)CCCCC[CH]CCCCCCC(F)CC. The molecule has 2 unspecified atom stereocenters. The number of halogens is 2. The number of hydrogen-bond acceptors (Lipinski definition) is 0. The fourth-order valence-electron chi connectivity index (χ4n) is 2.65. The Balaban J connectivity index is 3.06. The Morgan fingerprint density at radius 1 is 0.667 bits per heavy atom. The summed E-state index contributed by atoms with van der Waals surface area (Å²) in [7, 11) is 0. The molecule has 0 saturated carbocycles. The van der Waals surface area contributed by atoms with E-state index in [2.05, 4.69) is 6.42 Å². The van der Waals surface area contributed by atoms with Gasteiger partial charge >= 0.3 is 0 Å². The zero-order valence-electron chi connectivity index (χ0n) is 14.4. The van der Waals surface area contributed by atoms with Crippen LogP contribution in [0.5, 0.6) is 0 Å². The van der Waals surface area contributed by atoms with Gasteiger partial charge in [0, 0.05) is 0 Å². The highest BCUT2D eigenvalue weighted by Gasteiger charge is 2.04. The predicted octanol–water partition coefficient (Wildman–Crippen LogP) is 7.37. The van der Waals surface area contributed by atoms with Crippen molar-refractivity contribution in [3.05, 3.63) is 6.42 Å². The van der Waals surface area contributed by atoms with Gasteiger partial charge in [-0.1, -0.05) is 78.1 Å². The second kappa shape index (κ2) is 16.2. The molecule has 0 aliphatic rings. The van der Waals surface area contributed by atoms with Crippen LogP contribution in [0.25, 0.3) is 0 Å². The van der Waals surface area contributed by atoms with E-state index in [1.54, 1.807) is 0 Å². The first kappa shape index (κ1) is 20.9. The van der Waals surface area contributed by atoms with E-state index in [-0.39, 0.29) is 0 Å². The van der Waals surface area contributed by atoms with Crippen molar-refractivity contribution in [1.29, 1.82) is 0 Å². The lowest BCUT2D eigenvalue weighted by Gasteiger charge is -2.06. The van der Waals surface area contributed by atoms with Crippen LogP contribution in [0.15, 0.2) is 0 Å². The summed E-state index contributed by atoms with van der Waals surface area (Å²) in [6.07, 6.45) is 15.5. The van der Waals surface area contributed by atoms with Gasteiger partial charge in [0.2, 0.25) is 0 Å². The summed E-state index contributed by atoms with van der Waals surface area (Å²) in [5.41, 5.74) is 0. The van der Waals surface area contributed by atoms with Crippen LogP contribution in [0, 0.1) is 6.42 Å². The molecule has 127 valence electrons. The lowest BCUT2D eigenvalue weighted by Crippen LogP contribution is -1.98. The van der Waals surface area contributed by atoms with Crippen molar-refractivity contribution < 1.29 is 8.78 Å². The maximum absolute atomic E-state index is 13.2. The molecular formula is C19H37F2. The highest BCUT2D eigenvalue weighted by atomic mass is 19.1. The van der Waals surface area contributed by atoms with Crippen LogP contribution in [0.1, 0.15) is 104 Å². The van der Waals surface area contributed by atoms with Gasteiger partial charge in [0.1, 0.15) is 6.17 Å². The molecule has 0 spiro atoms. The molecule has 2 heteroatoms. The van der Waals surface area contributed by atoms with Crippen molar-refractivity contribution in [3.63, 3.8) is 0 Å². The van der Waals surface area contributed by atoms with Crippen molar-refractivity contribution >= 4 is 0 Å².